The molecule has 2 aliphatic heterocycles. The molecule has 1 fully saturated rings. The number of imide groups is 1. The summed E-state index contributed by atoms with van der Waals surface area (Å²) in [6.45, 7) is 2.70. The van der Waals surface area contributed by atoms with Crippen LogP contribution in [0.3, 0.4) is 0 Å². The molecule has 2 aromatic rings. The van der Waals surface area contributed by atoms with Crippen LogP contribution < -0.4 is 4.74 Å². The molecule has 1 atom stereocenters. The Hall–Kier alpha value is -2.66. The van der Waals surface area contributed by atoms with Gasteiger partial charge in [0.2, 0.25) is 0 Å². The first-order valence-electron chi connectivity index (χ1n) is 12.0. The van der Waals surface area contributed by atoms with Crippen LogP contribution in [0, 0.1) is 0 Å². The molecule has 1 unspecified atom stereocenters. The van der Waals surface area contributed by atoms with E-state index in [1.807, 2.05) is 12.1 Å². The van der Waals surface area contributed by atoms with Crippen molar-refractivity contribution in [2.24, 2.45) is 0 Å². The Morgan fingerprint density at radius 2 is 1.66 bits per heavy atom. The summed E-state index contributed by atoms with van der Waals surface area (Å²) >= 11 is 0. The number of benzene rings is 2. The van der Waals surface area contributed by atoms with Crippen LogP contribution in [-0.4, -0.2) is 53.9 Å². The predicted octanol–water partition coefficient (Wildman–Crippen LogP) is 4.49. The summed E-state index contributed by atoms with van der Waals surface area (Å²) in [5.41, 5.74) is 4.26. The molecule has 0 bridgehead atoms. The van der Waals surface area contributed by atoms with Crippen molar-refractivity contribution in [1.82, 2.24) is 9.80 Å². The molecule has 1 aliphatic carbocycles. The van der Waals surface area contributed by atoms with Crippen LogP contribution in [0.4, 0.5) is 0 Å². The van der Waals surface area contributed by atoms with Gasteiger partial charge in [-0.05, 0) is 93.4 Å². The first-order chi connectivity index (χ1) is 15.6. The summed E-state index contributed by atoms with van der Waals surface area (Å²) in [6, 6.07) is 13.7. The first kappa shape index (κ1) is 21.2. The third-order valence-electron chi connectivity index (χ3n) is 7.72. The van der Waals surface area contributed by atoms with Gasteiger partial charge in [0.05, 0.1) is 18.2 Å². The lowest BCUT2D eigenvalue weighted by Gasteiger charge is -2.50. The Kier molecular flexibility index (Phi) is 5.76. The Morgan fingerprint density at radius 1 is 0.906 bits per heavy atom. The second-order valence-corrected chi connectivity index (χ2v) is 9.49. The highest BCUT2D eigenvalue weighted by atomic mass is 16.5. The van der Waals surface area contributed by atoms with Crippen molar-refractivity contribution in [2.75, 3.05) is 26.7 Å². The molecule has 2 amide bonds. The minimum absolute atomic E-state index is 0.139. The molecular weight excluding hydrogens is 400 g/mol. The number of piperidine rings is 1. The number of carbonyl (C=O) groups excluding carboxylic acids is 2. The molecule has 3 aliphatic rings. The second kappa shape index (κ2) is 8.70. The zero-order valence-corrected chi connectivity index (χ0v) is 18.9. The molecule has 0 saturated carbocycles. The van der Waals surface area contributed by atoms with Gasteiger partial charge in [-0.2, -0.15) is 0 Å². The standard InChI is InChI=1S/C27H32N2O3/c1-32-22-11-10-21-19-27(14-12-20(21)18-22)13-4-5-15-28(27)16-6-7-17-29-25(30)23-8-2-3-9-24(23)26(29)31/h2-3,8-11,18H,4-7,12-17,19H2,1H3. The van der Waals surface area contributed by atoms with Crippen LogP contribution in [-0.2, 0) is 12.8 Å². The van der Waals surface area contributed by atoms with Gasteiger partial charge in [-0.25, -0.2) is 0 Å². The molecule has 0 radical (unpaired) electrons. The van der Waals surface area contributed by atoms with E-state index >= 15 is 0 Å². The molecule has 0 N–H and O–H groups in total. The van der Waals surface area contributed by atoms with Gasteiger partial charge in [-0.15, -0.1) is 0 Å². The van der Waals surface area contributed by atoms with Gasteiger partial charge in [-0.1, -0.05) is 24.6 Å². The summed E-state index contributed by atoms with van der Waals surface area (Å²) in [5, 5.41) is 0. The van der Waals surface area contributed by atoms with E-state index in [0.29, 0.717) is 17.7 Å². The van der Waals surface area contributed by atoms with Crippen LogP contribution in [0.1, 0.15) is 70.4 Å². The van der Waals surface area contributed by atoms with E-state index in [0.717, 1.165) is 44.5 Å². The highest BCUT2D eigenvalue weighted by Crippen LogP contribution is 2.40. The molecule has 32 heavy (non-hydrogen) atoms. The number of fused-ring (bicyclic) bond motifs is 2. The quantitative estimate of drug-likeness (QED) is 0.499. The van der Waals surface area contributed by atoms with E-state index < -0.39 is 0 Å². The number of likely N-dealkylation sites (tertiary alicyclic amines) is 1. The normalized spacial score (nSPS) is 22.8. The van der Waals surface area contributed by atoms with E-state index in [1.165, 1.54) is 41.7 Å². The van der Waals surface area contributed by atoms with Crippen molar-refractivity contribution in [1.29, 1.82) is 0 Å². The number of hydrogen-bond acceptors (Lipinski definition) is 4. The number of amides is 2. The fourth-order valence-electron chi connectivity index (χ4n) is 5.94. The average molecular weight is 433 g/mol. The zero-order chi connectivity index (χ0) is 22.1. The molecule has 2 aromatic carbocycles. The van der Waals surface area contributed by atoms with E-state index in [1.54, 1.807) is 19.2 Å². The molecular formula is C27H32N2O3. The van der Waals surface area contributed by atoms with Crippen LogP contribution in [0.5, 0.6) is 5.75 Å². The minimum atomic E-state index is -0.139. The lowest BCUT2D eigenvalue weighted by molar-refractivity contribution is 0.0317. The Morgan fingerprint density at radius 3 is 2.41 bits per heavy atom. The maximum absolute atomic E-state index is 12.6. The zero-order valence-electron chi connectivity index (χ0n) is 18.9. The Balaban J connectivity index is 1.20. The van der Waals surface area contributed by atoms with Crippen molar-refractivity contribution in [2.45, 2.75) is 56.9 Å². The number of methoxy groups -OCH3 is 1. The fourth-order valence-corrected chi connectivity index (χ4v) is 5.94. The molecule has 0 aromatic heterocycles. The largest absolute Gasteiger partial charge is 0.497 e. The summed E-state index contributed by atoms with van der Waals surface area (Å²) in [7, 11) is 1.73. The summed E-state index contributed by atoms with van der Waals surface area (Å²) in [6.07, 6.45) is 9.11. The Labute approximate surface area is 190 Å². The predicted molar refractivity (Wildman–Crippen MR) is 124 cm³/mol. The van der Waals surface area contributed by atoms with Gasteiger partial charge in [0.25, 0.3) is 11.8 Å². The molecule has 5 nitrogen and oxygen atoms in total. The van der Waals surface area contributed by atoms with Crippen molar-refractivity contribution in [3.63, 3.8) is 0 Å². The van der Waals surface area contributed by atoms with Crippen molar-refractivity contribution in [3.8, 4) is 5.75 Å². The summed E-state index contributed by atoms with van der Waals surface area (Å²) in [4.78, 5) is 29.3. The first-order valence-corrected chi connectivity index (χ1v) is 12.0. The number of hydrogen-bond donors (Lipinski definition) is 0. The highest BCUT2D eigenvalue weighted by Gasteiger charge is 2.41. The maximum atomic E-state index is 12.6. The van der Waals surface area contributed by atoms with E-state index in [2.05, 4.69) is 23.1 Å². The third kappa shape index (κ3) is 3.73. The molecule has 1 saturated heterocycles. The van der Waals surface area contributed by atoms with Gasteiger partial charge < -0.3 is 4.74 Å². The van der Waals surface area contributed by atoms with Crippen molar-refractivity contribution < 1.29 is 14.3 Å². The van der Waals surface area contributed by atoms with Crippen LogP contribution in [0.2, 0.25) is 0 Å². The maximum Gasteiger partial charge on any atom is 0.261 e. The third-order valence-corrected chi connectivity index (χ3v) is 7.72. The van der Waals surface area contributed by atoms with Gasteiger partial charge in [-0.3, -0.25) is 19.4 Å². The number of carbonyl (C=O) groups is 2. The SMILES string of the molecule is COc1ccc2c(c1)CCC1(CCCCN1CCCCN1C(=O)c3ccccc3C1=O)C2. The van der Waals surface area contributed by atoms with Gasteiger partial charge in [0.15, 0.2) is 0 Å². The van der Waals surface area contributed by atoms with E-state index in [9.17, 15) is 9.59 Å². The lowest BCUT2D eigenvalue weighted by Crippen LogP contribution is -2.55. The van der Waals surface area contributed by atoms with Crippen LogP contribution >= 0.6 is 0 Å². The highest BCUT2D eigenvalue weighted by molar-refractivity contribution is 6.21. The number of nitrogens with zero attached hydrogens (tertiary/aromatic N) is 2. The summed E-state index contributed by atoms with van der Waals surface area (Å²) < 4.78 is 5.42. The van der Waals surface area contributed by atoms with Crippen molar-refractivity contribution >= 4 is 11.8 Å². The molecule has 168 valence electrons. The number of ether oxygens (including phenoxy) is 1. The van der Waals surface area contributed by atoms with Gasteiger partial charge in [0.1, 0.15) is 5.75 Å². The number of unbranched alkanes of at least 4 members (excludes halogenated alkanes) is 1. The number of aryl methyl sites for hydroxylation is 1. The van der Waals surface area contributed by atoms with Gasteiger partial charge >= 0.3 is 0 Å². The smallest absolute Gasteiger partial charge is 0.261 e. The lowest BCUT2D eigenvalue weighted by atomic mass is 9.72. The molecule has 2 heterocycles. The monoisotopic (exact) mass is 432 g/mol. The second-order valence-electron chi connectivity index (χ2n) is 9.49. The van der Waals surface area contributed by atoms with Crippen molar-refractivity contribution in [3.05, 3.63) is 64.7 Å². The van der Waals surface area contributed by atoms with Crippen LogP contribution in [0.25, 0.3) is 0 Å². The number of rotatable bonds is 6. The summed E-state index contributed by atoms with van der Waals surface area (Å²) in [5.74, 6) is 0.673. The molecule has 5 heteroatoms. The minimum Gasteiger partial charge on any atom is -0.497 e. The average Bonchev–Trinajstić information content (AvgIpc) is 3.07. The van der Waals surface area contributed by atoms with Gasteiger partial charge in [0, 0.05) is 12.1 Å². The van der Waals surface area contributed by atoms with E-state index in [4.69, 9.17) is 4.74 Å². The molecule has 1 spiro atoms. The Bertz CT molecular complexity index is 998. The van der Waals surface area contributed by atoms with Crippen LogP contribution in [0.15, 0.2) is 42.5 Å². The topological polar surface area (TPSA) is 49.9 Å². The fraction of sp³-hybridized carbons (Fsp3) is 0.481. The molecule has 5 rings (SSSR count). The van der Waals surface area contributed by atoms with E-state index in [-0.39, 0.29) is 17.4 Å².